The number of nitrogens with zero attached hydrogens (tertiary/aromatic N) is 1. The minimum absolute atomic E-state index is 0.144. The number of nitrogens with one attached hydrogen (secondary N) is 1. The van der Waals surface area contributed by atoms with Gasteiger partial charge in [-0.05, 0) is 18.6 Å². The summed E-state index contributed by atoms with van der Waals surface area (Å²) in [6.45, 7) is 1.26. The van der Waals surface area contributed by atoms with Gasteiger partial charge in [0.15, 0.2) is 0 Å². The van der Waals surface area contributed by atoms with Crippen molar-refractivity contribution in [1.82, 2.24) is 0 Å². The van der Waals surface area contributed by atoms with E-state index in [1.165, 1.54) is 12.1 Å². The van der Waals surface area contributed by atoms with Crippen LogP contribution in [0.25, 0.3) is 0 Å². The molecule has 5 nitrogen and oxygen atoms in total. The number of nitro benzene ring substituents is 1. The van der Waals surface area contributed by atoms with E-state index >= 15 is 0 Å². The second-order valence-corrected chi connectivity index (χ2v) is 3.63. The molecule has 0 bridgehead atoms. The molecular formula is C10H11FN2O3. The Hall–Kier alpha value is -1.69. The van der Waals surface area contributed by atoms with Crippen molar-refractivity contribution in [2.24, 2.45) is 0 Å². The largest absolute Gasteiger partial charge is 0.380 e. The number of halogens is 1. The van der Waals surface area contributed by atoms with Crippen LogP contribution in [-0.4, -0.2) is 24.2 Å². The van der Waals surface area contributed by atoms with E-state index in [2.05, 4.69) is 5.32 Å². The van der Waals surface area contributed by atoms with Crippen molar-refractivity contribution in [1.29, 1.82) is 0 Å². The molecule has 1 saturated heterocycles. The maximum absolute atomic E-state index is 13.0. The zero-order valence-corrected chi connectivity index (χ0v) is 8.48. The summed E-state index contributed by atoms with van der Waals surface area (Å²) < 4.78 is 18.2. The number of rotatable bonds is 3. The van der Waals surface area contributed by atoms with Crippen molar-refractivity contribution < 1.29 is 14.1 Å². The fourth-order valence-corrected chi connectivity index (χ4v) is 1.63. The third kappa shape index (κ3) is 2.27. The molecule has 16 heavy (non-hydrogen) atoms. The van der Waals surface area contributed by atoms with Crippen molar-refractivity contribution in [3.05, 3.63) is 34.1 Å². The Morgan fingerprint density at radius 2 is 2.38 bits per heavy atom. The van der Waals surface area contributed by atoms with Crippen molar-refractivity contribution in [2.45, 2.75) is 12.5 Å². The van der Waals surface area contributed by atoms with Crippen LogP contribution in [0.5, 0.6) is 0 Å². The lowest BCUT2D eigenvalue weighted by atomic mass is 10.2. The molecular weight excluding hydrogens is 215 g/mol. The number of ether oxygens (including phenoxy) is 1. The molecule has 0 saturated carbocycles. The summed E-state index contributed by atoms with van der Waals surface area (Å²) in [5, 5.41) is 13.6. The highest BCUT2D eigenvalue weighted by atomic mass is 19.1. The summed E-state index contributed by atoms with van der Waals surface area (Å²) in [6.07, 6.45) is 0.852. The lowest BCUT2D eigenvalue weighted by Gasteiger charge is -2.11. The van der Waals surface area contributed by atoms with Gasteiger partial charge in [0.05, 0.1) is 17.6 Å². The lowest BCUT2D eigenvalue weighted by Crippen LogP contribution is -2.18. The average Bonchev–Trinajstić information content (AvgIpc) is 2.73. The maximum atomic E-state index is 13.0. The molecule has 1 unspecified atom stereocenters. The highest BCUT2D eigenvalue weighted by Gasteiger charge is 2.18. The van der Waals surface area contributed by atoms with E-state index in [1.807, 2.05) is 0 Å². The first kappa shape index (κ1) is 10.8. The highest BCUT2D eigenvalue weighted by molar-refractivity contribution is 5.52. The van der Waals surface area contributed by atoms with Crippen LogP contribution >= 0.6 is 0 Å². The summed E-state index contributed by atoms with van der Waals surface area (Å²) in [4.78, 5) is 9.79. The third-order valence-corrected chi connectivity index (χ3v) is 2.44. The molecule has 1 N–H and O–H groups in total. The molecule has 0 spiro atoms. The monoisotopic (exact) mass is 226 g/mol. The summed E-state index contributed by atoms with van der Waals surface area (Å²) in [5.74, 6) is -0.821. The Bertz CT molecular complexity index is 405. The maximum Gasteiger partial charge on any atom is 0.306 e. The van der Waals surface area contributed by atoms with E-state index < -0.39 is 16.4 Å². The van der Waals surface area contributed by atoms with Gasteiger partial charge in [-0.25, -0.2) is 0 Å². The van der Waals surface area contributed by atoms with Gasteiger partial charge in [0.1, 0.15) is 0 Å². The van der Waals surface area contributed by atoms with Gasteiger partial charge in [0, 0.05) is 18.4 Å². The molecule has 0 amide bonds. The minimum atomic E-state index is -0.821. The molecule has 0 radical (unpaired) electrons. The summed E-state index contributed by atoms with van der Waals surface area (Å²) in [6, 6.07) is 3.93. The van der Waals surface area contributed by atoms with Crippen LogP contribution in [0.2, 0.25) is 0 Å². The first-order valence-corrected chi connectivity index (χ1v) is 4.95. The molecule has 1 aromatic carbocycles. The smallest absolute Gasteiger partial charge is 0.306 e. The van der Waals surface area contributed by atoms with Crippen molar-refractivity contribution in [3.8, 4) is 0 Å². The Balaban J connectivity index is 2.15. The molecule has 1 heterocycles. The van der Waals surface area contributed by atoms with Crippen molar-refractivity contribution in [2.75, 3.05) is 18.5 Å². The minimum Gasteiger partial charge on any atom is -0.380 e. The average molecular weight is 226 g/mol. The quantitative estimate of drug-likeness (QED) is 0.631. The fraction of sp³-hybridized carbons (Fsp3) is 0.400. The van der Waals surface area contributed by atoms with Gasteiger partial charge < -0.3 is 10.1 Å². The topological polar surface area (TPSA) is 64.4 Å². The number of benzene rings is 1. The zero-order valence-electron chi connectivity index (χ0n) is 8.48. The summed E-state index contributed by atoms with van der Waals surface area (Å²) in [5.41, 5.74) is 0.0347. The van der Waals surface area contributed by atoms with Gasteiger partial charge in [0.25, 0.3) is 0 Å². The highest BCUT2D eigenvalue weighted by Crippen LogP contribution is 2.23. The predicted molar refractivity (Wildman–Crippen MR) is 55.9 cm³/mol. The van der Waals surface area contributed by atoms with E-state index in [0.29, 0.717) is 18.9 Å². The van der Waals surface area contributed by atoms with E-state index in [1.54, 1.807) is 0 Å². The van der Waals surface area contributed by atoms with Gasteiger partial charge in [-0.3, -0.25) is 10.1 Å². The molecule has 1 aromatic rings. The predicted octanol–water partition coefficient (Wildman–Crippen LogP) is 1.93. The molecule has 0 aliphatic carbocycles. The molecule has 86 valence electrons. The van der Waals surface area contributed by atoms with E-state index in [9.17, 15) is 14.5 Å². The van der Waals surface area contributed by atoms with Crippen LogP contribution in [0, 0.1) is 15.9 Å². The Kier molecular flexibility index (Phi) is 3.00. The second kappa shape index (κ2) is 4.44. The van der Waals surface area contributed by atoms with Crippen LogP contribution in [0.4, 0.5) is 15.8 Å². The number of hydrogen-bond donors (Lipinski definition) is 1. The van der Waals surface area contributed by atoms with Gasteiger partial charge >= 0.3 is 5.69 Å². The van der Waals surface area contributed by atoms with Gasteiger partial charge in [0.2, 0.25) is 5.82 Å². The zero-order chi connectivity index (χ0) is 11.5. The van der Waals surface area contributed by atoms with Crippen molar-refractivity contribution >= 4 is 11.4 Å². The van der Waals surface area contributed by atoms with E-state index in [0.717, 1.165) is 12.5 Å². The number of anilines is 1. The third-order valence-electron chi connectivity index (χ3n) is 2.44. The molecule has 1 fully saturated rings. The van der Waals surface area contributed by atoms with Gasteiger partial charge in [-0.1, -0.05) is 0 Å². The van der Waals surface area contributed by atoms with Crippen LogP contribution in [0.1, 0.15) is 6.42 Å². The normalized spacial score (nSPS) is 19.7. The molecule has 0 aromatic heterocycles. The first-order valence-electron chi connectivity index (χ1n) is 4.95. The van der Waals surface area contributed by atoms with E-state index in [-0.39, 0.29) is 6.04 Å². The molecule has 6 heteroatoms. The molecule has 2 rings (SSSR count). The SMILES string of the molecule is O=[N+]([O-])c1cc(NC2CCOC2)ccc1F. The first-order chi connectivity index (χ1) is 7.66. The van der Waals surface area contributed by atoms with Gasteiger partial charge in [-0.2, -0.15) is 4.39 Å². The van der Waals surface area contributed by atoms with Gasteiger partial charge in [-0.15, -0.1) is 0 Å². The van der Waals surface area contributed by atoms with Crippen LogP contribution in [-0.2, 0) is 4.74 Å². The molecule has 1 aliphatic heterocycles. The van der Waals surface area contributed by atoms with E-state index in [4.69, 9.17) is 4.74 Å². The van der Waals surface area contributed by atoms with Crippen LogP contribution < -0.4 is 5.32 Å². The van der Waals surface area contributed by atoms with Crippen molar-refractivity contribution in [3.63, 3.8) is 0 Å². The molecule has 1 aliphatic rings. The fourth-order valence-electron chi connectivity index (χ4n) is 1.63. The lowest BCUT2D eigenvalue weighted by molar-refractivity contribution is -0.387. The standard InChI is InChI=1S/C10H11FN2O3/c11-9-2-1-7(5-10(9)13(14)15)12-8-3-4-16-6-8/h1-2,5,8,12H,3-4,6H2. The van der Waals surface area contributed by atoms with Crippen LogP contribution in [0.15, 0.2) is 18.2 Å². The Morgan fingerprint density at radius 3 is 3.00 bits per heavy atom. The Morgan fingerprint density at radius 1 is 1.56 bits per heavy atom. The number of hydrogen-bond acceptors (Lipinski definition) is 4. The molecule has 1 atom stereocenters. The number of nitro groups is 1. The summed E-state index contributed by atoms with van der Waals surface area (Å²) in [7, 11) is 0. The second-order valence-electron chi connectivity index (χ2n) is 3.63. The van der Waals surface area contributed by atoms with Crippen LogP contribution in [0.3, 0.4) is 0 Å². The Labute approximate surface area is 91.4 Å². The summed E-state index contributed by atoms with van der Waals surface area (Å²) >= 11 is 0.